The molecule has 2 aliphatic carbocycles. The van der Waals surface area contributed by atoms with Gasteiger partial charge in [-0.3, -0.25) is 4.79 Å². The molecular formula is C9H12N2O. The number of allylic oxidation sites excluding steroid dienone is 2. The maximum atomic E-state index is 10.5. The Balaban J connectivity index is 1.92. The molecule has 1 saturated carbocycles. The van der Waals surface area contributed by atoms with E-state index in [4.69, 9.17) is 0 Å². The van der Waals surface area contributed by atoms with Gasteiger partial charge in [-0.2, -0.15) is 5.10 Å². The van der Waals surface area contributed by atoms with Crippen LogP contribution in [0.1, 0.15) is 19.8 Å². The van der Waals surface area contributed by atoms with Crippen molar-refractivity contribution in [1.29, 1.82) is 0 Å². The van der Waals surface area contributed by atoms with Crippen molar-refractivity contribution in [3.05, 3.63) is 12.2 Å². The molecule has 2 rings (SSSR count). The highest BCUT2D eigenvalue weighted by Gasteiger charge is 2.37. The van der Waals surface area contributed by atoms with Crippen LogP contribution >= 0.6 is 0 Å². The number of fused-ring (bicyclic) bond motifs is 1. The molecule has 2 atom stereocenters. The lowest BCUT2D eigenvalue weighted by atomic mass is 9.74. The third kappa shape index (κ3) is 1.15. The Morgan fingerprint density at radius 3 is 3.25 bits per heavy atom. The number of hydrazone groups is 1. The van der Waals surface area contributed by atoms with Crippen molar-refractivity contribution in [3.63, 3.8) is 0 Å². The standard InChI is InChI=1S/C9H12N2O/c1-6(12)10-11-9-5-7-3-2-4-8(7)9/h2-3,7-8H,4-5H2,1H3,(H,10,12). The van der Waals surface area contributed by atoms with Gasteiger partial charge in [-0.05, 0) is 18.8 Å². The average molecular weight is 164 g/mol. The zero-order valence-corrected chi connectivity index (χ0v) is 7.08. The second-order valence-corrected chi connectivity index (χ2v) is 3.41. The first-order valence-corrected chi connectivity index (χ1v) is 4.27. The van der Waals surface area contributed by atoms with Crippen LogP contribution < -0.4 is 5.43 Å². The van der Waals surface area contributed by atoms with Gasteiger partial charge in [0.05, 0.1) is 0 Å². The average Bonchev–Trinajstić information content (AvgIpc) is 2.32. The molecule has 2 aliphatic rings. The van der Waals surface area contributed by atoms with Gasteiger partial charge in [0.25, 0.3) is 0 Å². The lowest BCUT2D eigenvalue weighted by molar-refractivity contribution is -0.118. The lowest BCUT2D eigenvalue weighted by Crippen LogP contribution is -2.35. The van der Waals surface area contributed by atoms with Crippen LogP contribution in [0.5, 0.6) is 0 Å². The van der Waals surface area contributed by atoms with Crippen LogP contribution in [0.25, 0.3) is 0 Å². The zero-order chi connectivity index (χ0) is 8.55. The molecule has 0 heterocycles. The Bertz CT molecular complexity index is 268. The van der Waals surface area contributed by atoms with Crippen LogP contribution in [0.15, 0.2) is 17.3 Å². The van der Waals surface area contributed by atoms with E-state index in [1.807, 2.05) is 0 Å². The largest absolute Gasteiger partial charge is 0.274 e. The van der Waals surface area contributed by atoms with Gasteiger partial charge in [0.1, 0.15) is 0 Å². The summed E-state index contributed by atoms with van der Waals surface area (Å²) >= 11 is 0. The minimum absolute atomic E-state index is 0.0862. The van der Waals surface area contributed by atoms with E-state index in [9.17, 15) is 4.79 Å². The summed E-state index contributed by atoms with van der Waals surface area (Å²) in [6.07, 6.45) is 6.58. The fraction of sp³-hybridized carbons (Fsp3) is 0.556. The minimum Gasteiger partial charge on any atom is -0.274 e. The first-order valence-electron chi connectivity index (χ1n) is 4.27. The van der Waals surface area contributed by atoms with Gasteiger partial charge in [-0.15, -0.1) is 0 Å². The summed E-state index contributed by atoms with van der Waals surface area (Å²) in [5.74, 6) is 1.21. The van der Waals surface area contributed by atoms with Crippen LogP contribution in [-0.2, 0) is 4.79 Å². The van der Waals surface area contributed by atoms with Gasteiger partial charge in [0, 0.05) is 18.6 Å². The van der Waals surface area contributed by atoms with Crippen molar-refractivity contribution in [2.75, 3.05) is 0 Å². The summed E-state index contributed by atoms with van der Waals surface area (Å²) in [6.45, 7) is 1.48. The zero-order valence-electron chi connectivity index (χ0n) is 7.08. The van der Waals surface area contributed by atoms with Gasteiger partial charge < -0.3 is 0 Å². The molecule has 2 unspecified atom stereocenters. The fourth-order valence-corrected chi connectivity index (χ4v) is 1.81. The smallest absolute Gasteiger partial charge is 0.236 e. The van der Waals surface area contributed by atoms with E-state index < -0.39 is 0 Å². The molecule has 3 heteroatoms. The van der Waals surface area contributed by atoms with Crippen LogP contribution in [0, 0.1) is 11.8 Å². The molecule has 0 aromatic heterocycles. The van der Waals surface area contributed by atoms with Crippen LogP contribution in [0.2, 0.25) is 0 Å². The SMILES string of the molecule is CC(=O)NN=C1CC2C=CCC12. The number of rotatable bonds is 1. The topological polar surface area (TPSA) is 41.5 Å². The molecule has 1 N–H and O–H groups in total. The van der Waals surface area contributed by atoms with E-state index in [1.165, 1.54) is 6.92 Å². The molecule has 0 aromatic carbocycles. The maximum absolute atomic E-state index is 10.5. The number of nitrogens with one attached hydrogen (secondary N) is 1. The van der Waals surface area contributed by atoms with E-state index in [0.717, 1.165) is 18.6 Å². The molecule has 12 heavy (non-hydrogen) atoms. The van der Waals surface area contributed by atoms with Crippen LogP contribution in [0.4, 0.5) is 0 Å². The molecule has 64 valence electrons. The Hall–Kier alpha value is -1.12. The Labute approximate surface area is 71.5 Å². The van der Waals surface area contributed by atoms with E-state index in [0.29, 0.717) is 11.8 Å². The summed E-state index contributed by atoms with van der Waals surface area (Å²) in [5.41, 5.74) is 3.63. The van der Waals surface area contributed by atoms with Crippen molar-refractivity contribution in [2.45, 2.75) is 19.8 Å². The summed E-state index contributed by atoms with van der Waals surface area (Å²) < 4.78 is 0. The number of nitrogens with zero attached hydrogens (tertiary/aromatic N) is 1. The van der Waals surface area contributed by atoms with Crippen molar-refractivity contribution >= 4 is 11.6 Å². The molecule has 1 fully saturated rings. The normalized spacial score (nSPS) is 34.6. The first kappa shape index (κ1) is 7.53. The van der Waals surface area contributed by atoms with E-state index >= 15 is 0 Å². The van der Waals surface area contributed by atoms with E-state index in [2.05, 4.69) is 22.7 Å². The van der Waals surface area contributed by atoms with Gasteiger partial charge in [-0.25, -0.2) is 5.43 Å². The summed E-state index contributed by atoms with van der Waals surface area (Å²) in [5, 5.41) is 4.05. The third-order valence-corrected chi connectivity index (χ3v) is 2.52. The summed E-state index contributed by atoms with van der Waals surface area (Å²) in [4.78, 5) is 10.5. The maximum Gasteiger partial charge on any atom is 0.236 e. The van der Waals surface area contributed by atoms with Gasteiger partial charge in [0.15, 0.2) is 0 Å². The molecule has 3 nitrogen and oxygen atoms in total. The fourth-order valence-electron chi connectivity index (χ4n) is 1.81. The second kappa shape index (κ2) is 2.73. The second-order valence-electron chi connectivity index (χ2n) is 3.41. The van der Waals surface area contributed by atoms with E-state index in [1.54, 1.807) is 0 Å². The predicted molar refractivity (Wildman–Crippen MR) is 46.6 cm³/mol. The van der Waals surface area contributed by atoms with Crippen molar-refractivity contribution < 1.29 is 4.79 Å². The van der Waals surface area contributed by atoms with Crippen molar-refractivity contribution in [3.8, 4) is 0 Å². The molecular weight excluding hydrogens is 152 g/mol. The third-order valence-electron chi connectivity index (χ3n) is 2.52. The van der Waals surface area contributed by atoms with E-state index in [-0.39, 0.29) is 5.91 Å². The Kier molecular flexibility index (Phi) is 1.71. The molecule has 0 saturated heterocycles. The highest BCUT2D eigenvalue weighted by Crippen LogP contribution is 2.39. The number of hydrogen-bond donors (Lipinski definition) is 1. The quantitative estimate of drug-likeness (QED) is 0.457. The number of carbonyl (C=O) groups excluding carboxylic acids is 1. The number of carbonyl (C=O) groups is 1. The molecule has 0 aliphatic heterocycles. The molecule has 0 spiro atoms. The molecule has 1 amide bonds. The van der Waals surface area contributed by atoms with Gasteiger partial charge in [0.2, 0.25) is 5.91 Å². The Morgan fingerprint density at radius 2 is 2.58 bits per heavy atom. The number of hydrogen-bond acceptors (Lipinski definition) is 2. The molecule has 0 bridgehead atoms. The number of amides is 1. The van der Waals surface area contributed by atoms with Crippen molar-refractivity contribution in [1.82, 2.24) is 5.43 Å². The molecule has 0 aromatic rings. The van der Waals surface area contributed by atoms with Gasteiger partial charge >= 0.3 is 0 Å². The first-order chi connectivity index (χ1) is 5.77. The monoisotopic (exact) mass is 164 g/mol. The highest BCUT2D eigenvalue weighted by molar-refractivity contribution is 5.94. The highest BCUT2D eigenvalue weighted by atomic mass is 16.2. The summed E-state index contributed by atoms with van der Waals surface area (Å²) in [6, 6.07) is 0. The van der Waals surface area contributed by atoms with Crippen molar-refractivity contribution in [2.24, 2.45) is 16.9 Å². The van der Waals surface area contributed by atoms with Crippen LogP contribution in [-0.4, -0.2) is 11.6 Å². The minimum atomic E-state index is -0.0862. The molecule has 0 radical (unpaired) electrons. The summed E-state index contributed by atoms with van der Waals surface area (Å²) in [7, 11) is 0. The van der Waals surface area contributed by atoms with Gasteiger partial charge in [-0.1, -0.05) is 12.2 Å². The van der Waals surface area contributed by atoms with Crippen LogP contribution in [0.3, 0.4) is 0 Å². The Morgan fingerprint density at radius 1 is 1.75 bits per heavy atom. The lowest BCUT2D eigenvalue weighted by Gasteiger charge is -2.31. The predicted octanol–water partition coefficient (Wildman–Crippen LogP) is 1.07.